The highest BCUT2D eigenvalue weighted by atomic mass is 15.1. The Hall–Kier alpha value is -1.68. The van der Waals surface area contributed by atoms with Gasteiger partial charge in [0.25, 0.3) is 0 Å². The second kappa shape index (κ2) is 6.66. The monoisotopic (exact) mass is 272 g/mol. The topological polar surface area (TPSA) is 42.7 Å². The third-order valence-corrected chi connectivity index (χ3v) is 3.24. The van der Waals surface area contributed by atoms with E-state index in [2.05, 4.69) is 43.2 Å². The minimum Gasteiger partial charge on any atom is -0.312 e. The van der Waals surface area contributed by atoms with E-state index in [9.17, 15) is 0 Å². The van der Waals surface area contributed by atoms with Gasteiger partial charge in [0.1, 0.15) is 11.6 Å². The molecule has 108 valence electrons. The highest BCUT2D eigenvalue weighted by Gasteiger charge is 2.06. The number of aromatic nitrogens is 3. The molecule has 0 saturated carbocycles. The number of pyridine rings is 1. The molecule has 0 spiro atoms. The first-order chi connectivity index (χ1) is 9.60. The maximum Gasteiger partial charge on any atom is 0.138 e. The number of aryl methyl sites for hydroxylation is 2. The summed E-state index contributed by atoms with van der Waals surface area (Å²) < 4.78 is 2.03. The van der Waals surface area contributed by atoms with Crippen molar-refractivity contribution in [2.45, 2.75) is 40.7 Å². The summed E-state index contributed by atoms with van der Waals surface area (Å²) in [6.45, 7) is 10.5. The Morgan fingerprint density at radius 2 is 2.10 bits per heavy atom. The van der Waals surface area contributed by atoms with E-state index in [1.807, 2.05) is 23.9 Å². The molecule has 2 heterocycles. The second-order valence-electron chi connectivity index (χ2n) is 5.55. The lowest BCUT2D eigenvalue weighted by molar-refractivity contribution is 0.552. The van der Waals surface area contributed by atoms with Crippen molar-refractivity contribution in [2.75, 3.05) is 6.54 Å². The number of imidazole rings is 1. The lowest BCUT2D eigenvalue weighted by atomic mass is 10.1. The molecule has 0 aliphatic heterocycles. The van der Waals surface area contributed by atoms with E-state index in [-0.39, 0.29) is 0 Å². The van der Waals surface area contributed by atoms with Crippen molar-refractivity contribution in [1.29, 1.82) is 0 Å². The van der Waals surface area contributed by atoms with E-state index in [0.29, 0.717) is 5.92 Å². The Bertz CT molecular complexity index is 557. The molecule has 0 saturated heterocycles. The van der Waals surface area contributed by atoms with Gasteiger partial charge in [-0.1, -0.05) is 20.8 Å². The second-order valence-corrected chi connectivity index (χ2v) is 5.55. The maximum absolute atomic E-state index is 4.69. The fourth-order valence-electron chi connectivity index (χ4n) is 2.17. The molecule has 4 heteroatoms. The fourth-order valence-corrected chi connectivity index (χ4v) is 2.17. The van der Waals surface area contributed by atoms with Crippen LogP contribution >= 0.6 is 0 Å². The molecule has 0 fully saturated rings. The zero-order valence-corrected chi connectivity index (χ0v) is 12.8. The molecule has 0 aliphatic carbocycles. The van der Waals surface area contributed by atoms with Crippen LogP contribution in [0.4, 0.5) is 0 Å². The van der Waals surface area contributed by atoms with Crippen molar-refractivity contribution >= 4 is 0 Å². The molecule has 2 aromatic rings. The van der Waals surface area contributed by atoms with Gasteiger partial charge in [0.2, 0.25) is 0 Å². The van der Waals surface area contributed by atoms with E-state index in [0.717, 1.165) is 36.8 Å². The summed E-state index contributed by atoms with van der Waals surface area (Å²) in [5.74, 6) is 2.59. The summed E-state index contributed by atoms with van der Waals surface area (Å²) in [7, 11) is 0. The fraction of sp³-hybridized carbons (Fsp3) is 0.500. The minimum atomic E-state index is 0.665. The number of nitrogens with one attached hydrogen (secondary N) is 1. The van der Waals surface area contributed by atoms with Gasteiger partial charge in [-0.3, -0.25) is 4.57 Å². The Labute approximate surface area is 121 Å². The van der Waals surface area contributed by atoms with E-state index < -0.39 is 0 Å². The van der Waals surface area contributed by atoms with Gasteiger partial charge in [-0.15, -0.1) is 0 Å². The molecule has 2 rings (SSSR count). The summed E-state index contributed by atoms with van der Waals surface area (Å²) in [5, 5.41) is 3.49. The van der Waals surface area contributed by atoms with Crippen LogP contribution in [0, 0.1) is 12.8 Å². The lowest BCUT2D eigenvalue weighted by Crippen LogP contribution is -2.19. The third-order valence-electron chi connectivity index (χ3n) is 3.24. The van der Waals surface area contributed by atoms with Crippen LogP contribution in [0.2, 0.25) is 0 Å². The van der Waals surface area contributed by atoms with Gasteiger partial charge in [0.05, 0.1) is 0 Å². The first-order valence-corrected chi connectivity index (χ1v) is 7.31. The summed E-state index contributed by atoms with van der Waals surface area (Å²) in [6, 6.07) is 4.32. The number of hydrogen-bond donors (Lipinski definition) is 1. The van der Waals surface area contributed by atoms with Crippen molar-refractivity contribution in [2.24, 2.45) is 5.92 Å². The predicted octanol–water partition coefficient (Wildman–Crippen LogP) is 2.88. The maximum atomic E-state index is 4.69. The zero-order valence-electron chi connectivity index (χ0n) is 12.8. The molecule has 0 aromatic carbocycles. The Morgan fingerprint density at radius 1 is 1.30 bits per heavy atom. The average molecular weight is 272 g/mol. The first kappa shape index (κ1) is 14.7. The molecule has 0 bridgehead atoms. The first-order valence-electron chi connectivity index (χ1n) is 7.31. The van der Waals surface area contributed by atoms with Gasteiger partial charge in [0.15, 0.2) is 0 Å². The van der Waals surface area contributed by atoms with E-state index >= 15 is 0 Å². The summed E-state index contributed by atoms with van der Waals surface area (Å²) >= 11 is 0. The van der Waals surface area contributed by atoms with E-state index in [1.54, 1.807) is 0 Å². The summed E-state index contributed by atoms with van der Waals surface area (Å²) in [4.78, 5) is 8.96. The molecule has 0 aliphatic rings. The molecular formula is C16H24N4. The quantitative estimate of drug-likeness (QED) is 0.879. The van der Waals surface area contributed by atoms with E-state index in [4.69, 9.17) is 4.98 Å². The summed E-state index contributed by atoms with van der Waals surface area (Å²) in [5.41, 5.74) is 2.40. The summed E-state index contributed by atoms with van der Waals surface area (Å²) in [6.07, 6.45) is 4.72. The molecule has 0 unspecified atom stereocenters. The van der Waals surface area contributed by atoms with Crippen molar-refractivity contribution < 1.29 is 0 Å². The van der Waals surface area contributed by atoms with Crippen molar-refractivity contribution in [3.63, 3.8) is 0 Å². The Morgan fingerprint density at radius 3 is 2.70 bits per heavy atom. The largest absolute Gasteiger partial charge is 0.312 e. The number of rotatable bonds is 6. The normalized spacial score (nSPS) is 11.2. The van der Waals surface area contributed by atoms with Crippen LogP contribution < -0.4 is 5.32 Å². The van der Waals surface area contributed by atoms with Crippen molar-refractivity contribution in [3.8, 4) is 5.82 Å². The van der Waals surface area contributed by atoms with Gasteiger partial charge in [-0.25, -0.2) is 9.97 Å². The van der Waals surface area contributed by atoms with Crippen LogP contribution in [-0.2, 0) is 13.0 Å². The molecule has 4 nitrogen and oxygen atoms in total. The minimum absolute atomic E-state index is 0.665. The van der Waals surface area contributed by atoms with Crippen LogP contribution in [0.5, 0.6) is 0 Å². The van der Waals surface area contributed by atoms with Crippen LogP contribution in [0.15, 0.2) is 24.5 Å². The van der Waals surface area contributed by atoms with Gasteiger partial charge >= 0.3 is 0 Å². The Kier molecular flexibility index (Phi) is 4.90. The molecule has 2 aromatic heterocycles. The Balaban J connectivity index is 2.23. The smallest absolute Gasteiger partial charge is 0.138 e. The SMILES string of the molecule is CCc1cc(CNCC(C)C)cc(-n2ccnc2C)n1. The van der Waals surface area contributed by atoms with Gasteiger partial charge in [-0.2, -0.15) is 0 Å². The zero-order chi connectivity index (χ0) is 14.5. The van der Waals surface area contributed by atoms with Crippen LogP contribution in [-0.4, -0.2) is 21.1 Å². The van der Waals surface area contributed by atoms with Gasteiger partial charge in [0, 0.05) is 24.6 Å². The van der Waals surface area contributed by atoms with Crippen LogP contribution in [0.25, 0.3) is 5.82 Å². The average Bonchev–Trinajstić information content (AvgIpc) is 2.84. The standard InChI is InChI=1S/C16H24N4/c1-5-15-8-14(11-17-10-12(2)3)9-16(19-15)20-7-6-18-13(20)4/h6-9,12,17H,5,10-11H2,1-4H3. The highest BCUT2D eigenvalue weighted by molar-refractivity contribution is 5.32. The van der Waals surface area contributed by atoms with Crippen molar-refractivity contribution in [3.05, 3.63) is 41.6 Å². The highest BCUT2D eigenvalue weighted by Crippen LogP contribution is 2.13. The third kappa shape index (κ3) is 3.67. The molecule has 0 radical (unpaired) electrons. The molecular weight excluding hydrogens is 248 g/mol. The van der Waals surface area contributed by atoms with Crippen molar-refractivity contribution in [1.82, 2.24) is 19.9 Å². The van der Waals surface area contributed by atoms with Crippen LogP contribution in [0.3, 0.4) is 0 Å². The molecule has 1 N–H and O–H groups in total. The van der Waals surface area contributed by atoms with E-state index in [1.165, 1.54) is 5.56 Å². The molecule has 0 atom stereocenters. The van der Waals surface area contributed by atoms with Gasteiger partial charge < -0.3 is 5.32 Å². The predicted molar refractivity (Wildman–Crippen MR) is 82.0 cm³/mol. The lowest BCUT2D eigenvalue weighted by Gasteiger charge is -2.11. The molecule has 0 amide bonds. The van der Waals surface area contributed by atoms with Crippen LogP contribution in [0.1, 0.15) is 37.9 Å². The molecule has 20 heavy (non-hydrogen) atoms. The number of hydrogen-bond acceptors (Lipinski definition) is 3. The number of nitrogens with zero attached hydrogens (tertiary/aromatic N) is 3. The van der Waals surface area contributed by atoms with Gasteiger partial charge in [-0.05, 0) is 43.5 Å².